The number of nitrogens with one attached hydrogen (secondary N) is 2. The van der Waals surface area contributed by atoms with Gasteiger partial charge in [-0.1, -0.05) is 0 Å². The molecule has 0 bridgehead atoms. The van der Waals surface area contributed by atoms with E-state index in [-0.39, 0.29) is 11.5 Å². The van der Waals surface area contributed by atoms with E-state index >= 15 is 0 Å². The third kappa shape index (κ3) is 2.14. The number of carboxylic acids is 1. The quantitative estimate of drug-likeness (QED) is 0.711. The van der Waals surface area contributed by atoms with Crippen LogP contribution in [0.1, 0.15) is 51.9 Å². The Kier molecular flexibility index (Phi) is 2.96. The number of carbonyl (C=O) groups excluding carboxylic acids is 2. The molecule has 0 aromatic carbocycles. The van der Waals surface area contributed by atoms with Gasteiger partial charge in [-0.3, -0.25) is 9.59 Å². The van der Waals surface area contributed by atoms with Crippen LogP contribution in [0.15, 0.2) is 0 Å². The summed E-state index contributed by atoms with van der Waals surface area (Å²) in [6, 6.07) is 0. The minimum absolute atomic E-state index is 0.121. The van der Waals surface area contributed by atoms with Crippen molar-refractivity contribution in [3.63, 3.8) is 0 Å². The molecule has 1 aliphatic carbocycles. The first-order valence-electron chi connectivity index (χ1n) is 6.04. The molecule has 0 spiro atoms. The fraction of sp³-hybridized carbons (Fsp3) is 0.462. The average Bonchev–Trinajstić information content (AvgIpc) is 2.99. The standard InChI is InChI=1S/C13H16N2O4/c1-6-9(8(3)16)7(2)14-10(6)11(17)15-13(4-5-13)12(18)19/h14H,4-5H2,1-3H3,(H,15,17)(H,18,19). The van der Waals surface area contributed by atoms with Gasteiger partial charge in [0.25, 0.3) is 5.91 Å². The zero-order valence-electron chi connectivity index (χ0n) is 11.1. The van der Waals surface area contributed by atoms with Crippen LogP contribution in [0.3, 0.4) is 0 Å². The molecule has 0 unspecified atom stereocenters. The third-order valence-electron chi connectivity index (χ3n) is 3.53. The van der Waals surface area contributed by atoms with E-state index < -0.39 is 17.4 Å². The highest BCUT2D eigenvalue weighted by Gasteiger charge is 2.52. The SMILES string of the molecule is CC(=O)c1c(C)[nH]c(C(=O)NC2(C(=O)O)CC2)c1C. The highest BCUT2D eigenvalue weighted by atomic mass is 16.4. The first kappa shape index (κ1) is 13.3. The molecule has 1 fully saturated rings. The summed E-state index contributed by atoms with van der Waals surface area (Å²) in [5, 5.41) is 11.6. The molecule has 6 nitrogen and oxygen atoms in total. The van der Waals surface area contributed by atoms with Crippen LogP contribution in [0.2, 0.25) is 0 Å². The molecule has 1 aliphatic rings. The van der Waals surface area contributed by atoms with E-state index in [2.05, 4.69) is 10.3 Å². The van der Waals surface area contributed by atoms with Gasteiger partial charge in [0.15, 0.2) is 5.78 Å². The lowest BCUT2D eigenvalue weighted by atomic mass is 10.1. The maximum Gasteiger partial charge on any atom is 0.329 e. The number of hydrogen-bond donors (Lipinski definition) is 3. The number of carbonyl (C=O) groups is 3. The molecule has 0 aliphatic heterocycles. The molecule has 1 aromatic rings. The Balaban J connectivity index is 2.28. The lowest BCUT2D eigenvalue weighted by Crippen LogP contribution is -2.43. The van der Waals surface area contributed by atoms with E-state index in [1.807, 2.05) is 0 Å². The molecular weight excluding hydrogens is 248 g/mol. The molecule has 0 radical (unpaired) electrons. The summed E-state index contributed by atoms with van der Waals surface area (Å²) in [6.07, 6.45) is 0.874. The number of H-pyrrole nitrogens is 1. The Labute approximate surface area is 110 Å². The first-order valence-corrected chi connectivity index (χ1v) is 6.04. The lowest BCUT2D eigenvalue weighted by Gasteiger charge is -2.12. The van der Waals surface area contributed by atoms with Crippen molar-refractivity contribution in [2.24, 2.45) is 0 Å². The smallest absolute Gasteiger partial charge is 0.329 e. The molecule has 0 saturated heterocycles. The second kappa shape index (κ2) is 4.22. The molecule has 2 rings (SSSR count). The van der Waals surface area contributed by atoms with Gasteiger partial charge in [-0.15, -0.1) is 0 Å². The van der Waals surface area contributed by atoms with Gasteiger partial charge in [0.05, 0.1) is 0 Å². The highest BCUT2D eigenvalue weighted by molar-refractivity contribution is 6.04. The lowest BCUT2D eigenvalue weighted by molar-refractivity contribution is -0.140. The van der Waals surface area contributed by atoms with Gasteiger partial charge >= 0.3 is 5.97 Å². The fourth-order valence-electron chi connectivity index (χ4n) is 2.30. The summed E-state index contributed by atoms with van der Waals surface area (Å²) in [7, 11) is 0. The fourth-order valence-corrected chi connectivity index (χ4v) is 2.30. The van der Waals surface area contributed by atoms with Crippen LogP contribution in [0.4, 0.5) is 0 Å². The van der Waals surface area contributed by atoms with Crippen LogP contribution in [0, 0.1) is 13.8 Å². The Morgan fingerprint density at radius 2 is 1.84 bits per heavy atom. The molecule has 1 aromatic heterocycles. The van der Waals surface area contributed by atoms with Gasteiger partial charge in [0, 0.05) is 11.3 Å². The zero-order chi connectivity index (χ0) is 14.4. The Hall–Kier alpha value is -2.11. The number of aryl methyl sites for hydroxylation is 1. The summed E-state index contributed by atoms with van der Waals surface area (Å²) in [6.45, 7) is 4.82. The minimum atomic E-state index is -1.13. The van der Waals surface area contributed by atoms with E-state index in [0.29, 0.717) is 29.7 Å². The van der Waals surface area contributed by atoms with E-state index in [4.69, 9.17) is 5.11 Å². The average molecular weight is 264 g/mol. The Morgan fingerprint density at radius 3 is 2.21 bits per heavy atom. The second-order valence-electron chi connectivity index (χ2n) is 5.02. The molecule has 6 heteroatoms. The van der Waals surface area contributed by atoms with Gasteiger partial charge in [-0.05, 0) is 39.2 Å². The molecule has 0 atom stereocenters. The molecule has 1 saturated carbocycles. The zero-order valence-corrected chi connectivity index (χ0v) is 11.1. The van der Waals surface area contributed by atoms with Crippen molar-refractivity contribution in [1.29, 1.82) is 0 Å². The molecule has 102 valence electrons. The predicted molar refractivity (Wildman–Crippen MR) is 67.3 cm³/mol. The largest absolute Gasteiger partial charge is 0.480 e. The highest BCUT2D eigenvalue weighted by Crippen LogP contribution is 2.36. The number of hydrogen-bond acceptors (Lipinski definition) is 3. The van der Waals surface area contributed by atoms with Gasteiger partial charge in [-0.2, -0.15) is 0 Å². The number of Topliss-reactive ketones (excluding diaryl/α,β-unsaturated/α-hetero) is 1. The van der Waals surface area contributed by atoms with Gasteiger partial charge in [-0.25, -0.2) is 4.79 Å². The molecule has 19 heavy (non-hydrogen) atoms. The molecule has 3 N–H and O–H groups in total. The summed E-state index contributed by atoms with van der Waals surface area (Å²) in [5.74, 6) is -1.62. The number of rotatable bonds is 4. The maximum absolute atomic E-state index is 12.1. The molecule has 1 amide bonds. The van der Waals surface area contributed by atoms with E-state index in [0.717, 1.165) is 0 Å². The Bertz CT molecular complexity index is 582. The van der Waals surface area contributed by atoms with Crippen molar-refractivity contribution in [3.05, 3.63) is 22.5 Å². The predicted octanol–water partition coefficient (Wildman–Crippen LogP) is 1.18. The van der Waals surface area contributed by atoms with Crippen molar-refractivity contribution in [1.82, 2.24) is 10.3 Å². The van der Waals surface area contributed by atoms with Crippen LogP contribution in [0.5, 0.6) is 0 Å². The van der Waals surface area contributed by atoms with Crippen molar-refractivity contribution in [2.45, 2.75) is 39.2 Å². The topological polar surface area (TPSA) is 99.3 Å². The summed E-state index contributed by atoms with van der Waals surface area (Å²) in [4.78, 5) is 37.5. The van der Waals surface area contributed by atoms with Crippen LogP contribution < -0.4 is 5.32 Å². The number of amides is 1. The maximum atomic E-state index is 12.1. The van der Waals surface area contributed by atoms with Gasteiger partial charge in [0.1, 0.15) is 11.2 Å². The molecular formula is C13H16N2O4. The third-order valence-corrected chi connectivity index (χ3v) is 3.53. The molecule has 1 heterocycles. The van der Waals surface area contributed by atoms with Crippen molar-refractivity contribution in [3.8, 4) is 0 Å². The van der Waals surface area contributed by atoms with E-state index in [9.17, 15) is 14.4 Å². The minimum Gasteiger partial charge on any atom is -0.480 e. The number of ketones is 1. The van der Waals surface area contributed by atoms with Crippen molar-refractivity contribution >= 4 is 17.7 Å². The van der Waals surface area contributed by atoms with Crippen LogP contribution in [-0.4, -0.2) is 33.3 Å². The van der Waals surface area contributed by atoms with Crippen LogP contribution in [0.25, 0.3) is 0 Å². The monoisotopic (exact) mass is 264 g/mol. The Morgan fingerprint density at radius 1 is 1.26 bits per heavy atom. The number of aromatic nitrogens is 1. The van der Waals surface area contributed by atoms with Gasteiger partial charge in [0.2, 0.25) is 0 Å². The first-order chi connectivity index (χ1) is 8.78. The normalized spacial score (nSPS) is 15.9. The van der Waals surface area contributed by atoms with Crippen molar-refractivity contribution < 1.29 is 19.5 Å². The number of aliphatic carboxylic acids is 1. The van der Waals surface area contributed by atoms with Crippen molar-refractivity contribution in [2.75, 3.05) is 0 Å². The summed E-state index contributed by atoms with van der Waals surface area (Å²) in [5.41, 5.74) is 0.804. The van der Waals surface area contributed by atoms with Crippen LogP contribution in [-0.2, 0) is 4.79 Å². The number of aromatic amines is 1. The second-order valence-corrected chi connectivity index (χ2v) is 5.02. The number of carboxylic acid groups (broad SMARTS) is 1. The summed E-state index contributed by atoms with van der Waals surface area (Å²) < 4.78 is 0. The summed E-state index contributed by atoms with van der Waals surface area (Å²) >= 11 is 0. The van der Waals surface area contributed by atoms with Gasteiger partial charge < -0.3 is 15.4 Å². The van der Waals surface area contributed by atoms with E-state index in [1.54, 1.807) is 13.8 Å². The van der Waals surface area contributed by atoms with E-state index in [1.165, 1.54) is 6.92 Å². The van der Waals surface area contributed by atoms with Crippen LogP contribution >= 0.6 is 0 Å².